The van der Waals surface area contributed by atoms with Gasteiger partial charge in [0, 0.05) is 23.7 Å². The molecule has 0 radical (unpaired) electrons. The van der Waals surface area contributed by atoms with Crippen molar-refractivity contribution in [2.24, 2.45) is 17.8 Å². The van der Waals surface area contributed by atoms with Gasteiger partial charge in [0.05, 0.1) is 0 Å². The second-order valence-electron chi connectivity index (χ2n) is 11.3. The summed E-state index contributed by atoms with van der Waals surface area (Å²) < 4.78 is 13.3. The van der Waals surface area contributed by atoms with Crippen LogP contribution in [0.3, 0.4) is 0 Å². The fourth-order valence-corrected chi connectivity index (χ4v) is 6.29. The summed E-state index contributed by atoms with van der Waals surface area (Å²) in [6, 6.07) is 7.60. The van der Waals surface area contributed by atoms with Crippen LogP contribution in [0.15, 0.2) is 33.6 Å². The predicted molar refractivity (Wildman–Crippen MR) is 149 cm³/mol. The van der Waals surface area contributed by atoms with Crippen LogP contribution in [0.2, 0.25) is 5.02 Å². The summed E-state index contributed by atoms with van der Waals surface area (Å²) in [6.45, 7) is 4.35. The summed E-state index contributed by atoms with van der Waals surface area (Å²) >= 11 is 6.40. The van der Waals surface area contributed by atoms with Gasteiger partial charge in [0.2, 0.25) is 11.6 Å². The van der Waals surface area contributed by atoms with Crippen molar-refractivity contribution in [2.45, 2.75) is 77.9 Å². The number of nitrogens with one attached hydrogen (secondary N) is 1. The van der Waals surface area contributed by atoms with Crippen LogP contribution in [0.25, 0.3) is 34.1 Å². The molecule has 0 aliphatic heterocycles. The number of hydrogen-bond donors (Lipinski definition) is 1. The first-order valence-electron chi connectivity index (χ1n) is 14.2. The lowest BCUT2D eigenvalue weighted by Crippen LogP contribution is -2.20. The number of imidazole rings is 1. The monoisotopic (exact) mass is 550 g/mol. The van der Waals surface area contributed by atoms with Gasteiger partial charge in [-0.1, -0.05) is 67.9 Å². The van der Waals surface area contributed by atoms with Gasteiger partial charge in [0.15, 0.2) is 5.65 Å². The second-order valence-corrected chi connectivity index (χ2v) is 11.7. The Labute approximate surface area is 232 Å². The molecule has 0 saturated heterocycles. The molecule has 206 valence electrons. The third-order valence-corrected chi connectivity index (χ3v) is 8.55. The van der Waals surface area contributed by atoms with Crippen LogP contribution in [0, 0.1) is 17.8 Å². The van der Waals surface area contributed by atoms with Crippen LogP contribution >= 0.6 is 11.6 Å². The van der Waals surface area contributed by atoms with Crippen molar-refractivity contribution in [1.82, 2.24) is 29.7 Å². The zero-order chi connectivity index (χ0) is 26.8. The van der Waals surface area contributed by atoms with Gasteiger partial charge < -0.3 is 9.30 Å². The summed E-state index contributed by atoms with van der Waals surface area (Å²) in [7, 11) is 0. The molecule has 4 aromatic rings. The number of aromatic nitrogens is 6. The summed E-state index contributed by atoms with van der Waals surface area (Å²) in [6.07, 6.45) is 11.2. The molecule has 3 heterocycles. The summed E-state index contributed by atoms with van der Waals surface area (Å²) in [5, 5.41) is 4.43. The van der Waals surface area contributed by atoms with E-state index in [9.17, 15) is 4.79 Å². The lowest BCUT2D eigenvalue weighted by atomic mass is 9.83. The van der Waals surface area contributed by atoms with Crippen LogP contribution in [0.5, 0.6) is 0 Å². The van der Waals surface area contributed by atoms with E-state index in [4.69, 9.17) is 35.8 Å². The molecule has 9 nitrogen and oxygen atoms in total. The van der Waals surface area contributed by atoms with E-state index >= 15 is 0 Å². The van der Waals surface area contributed by atoms with Crippen LogP contribution in [0.4, 0.5) is 0 Å². The molecule has 0 spiro atoms. The highest BCUT2D eigenvalue weighted by molar-refractivity contribution is 6.30. The largest absolute Gasteiger partial charge is 0.439 e. The molecule has 0 amide bonds. The summed E-state index contributed by atoms with van der Waals surface area (Å²) in [4.78, 5) is 28.8. The van der Waals surface area contributed by atoms with E-state index in [0.29, 0.717) is 34.8 Å². The lowest BCUT2D eigenvalue weighted by Gasteiger charge is -2.27. The van der Waals surface area contributed by atoms with Gasteiger partial charge in [-0.05, 0) is 55.6 Å². The molecule has 2 aliphatic rings. The second kappa shape index (κ2) is 11.6. The molecule has 2 fully saturated rings. The molecule has 1 aromatic carbocycles. The Balaban J connectivity index is 1.43. The quantitative estimate of drug-likeness (QED) is 0.269. The van der Waals surface area contributed by atoms with E-state index in [-0.39, 0.29) is 11.6 Å². The molecule has 0 bridgehead atoms. The molecule has 6 rings (SSSR count). The van der Waals surface area contributed by atoms with E-state index < -0.39 is 5.76 Å². The van der Waals surface area contributed by atoms with E-state index in [1.807, 2.05) is 24.3 Å². The number of benzene rings is 1. The van der Waals surface area contributed by atoms with Crippen molar-refractivity contribution >= 4 is 22.8 Å². The molecule has 2 aliphatic carbocycles. The topological polar surface area (TPSA) is 112 Å². The molecule has 39 heavy (non-hydrogen) atoms. The maximum atomic E-state index is 11.7. The van der Waals surface area contributed by atoms with Gasteiger partial charge in [-0.3, -0.25) is 9.51 Å². The van der Waals surface area contributed by atoms with Gasteiger partial charge in [-0.2, -0.15) is 0 Å². The first-order valence-corrected chi connectivity index (χ1v) is 14.6. The fourth-order valence-electron chi connectivity index (χ4n) is 6.10. The molecule has 3 aromatic heterocycles. The first-order chi connectivity index (χ1) is 19.0. The number of nitrogens with zero attached hydrogens (tertiary/aromatic N) is 5. The minimum absolute atomic E-state index is 0.163. The maximum absolute atomic E-state index is 11.7. The number of halogens is 1. The number of rotatable bonds is 8. The van der Waals surface area contributed by atoms with Crippen molar-refractivity contribution in [3.05, 3.63) is 45.7 Å². The van der Waals surface area contributed by atoms with Crippen molar-refractivity contribution < 1.29 is 9.26 Å². The molecular formula is C29H35ClN6O3. The highest BCUT2D eigenvalue weighted by Gasteiger charge is 2.26. The lowest BCUT2D eigenvalue weighted by molar-refractivity contribution is 0.0678. The minimum atomic E-state index is -0.660. The van der Waals surface area contributed by atoms with Crippen molar-refractivity contribution in [2.75, 3.05) is 6.61 Å². The van der Waals surface area contributed by atoms with Crippen LogP contribution in [-0.4, -0.2) is 36.3 Å². The molecule has 10 heteroatoms. The Kier molecular flexibility index (Phi) is 7.79. The van der Waals surface area contributed by atoms with Crippen molar-refractivity contribution in [3.63, 3.8) is 0 Å². The van der Waals surface area contributed by atoms with E-state index in [2.05, 4.69) is 21.6 Å². The number of H-pyrrole nitrogens is 1. The van der Waals surface area contributed by atoms with E-state index in [1.54, 1.807) is 0 Å². The SMILES string of the molecule is CC1CCC(Cn2c(COCC3CCCCC3)nc3nc(-c4noc(=O)[nH]4)nc(-c4cccc(Cl)c4)c32)CC1. The Morgan fingerprint density at radius 2 is 1.87 bits per heavy atom. The third-order valence-electron chi connectivity index (χ3n) is 8.32. The van der Waals surface area contributed by atoms with Gasteiger partial charge in [0.25, 0.3) is 0 Å². The summed E-state index contributed by atoms with van der Waals surface area (Å²) in [5.74, 6) is 2.54. The van der Waals surface area contributed by atoms with Gasteiger partial charge >= 0.3 is 5.76 Å². The minimum Gasteiger partial charge on any atom is -0.373 e. The highest BCUT2D eigenvalue weighted by atomic mass is 35.5. The zero-order valence-electron chi connectivity index (χ0n) is 22.4. The van der Waals surface area contributed by atoms with Crippen LogP contribution in [0.1, 0.15) is 70.5 Å². The predicted octanol–water partition coefficient (Wildman–Crippen LogP) is 6.41. The van der Waals surface area contributed by atoms with Gasteiger partial charge in [-0.25, -0.2) is 19.7 Å². The maximum Gasteiger partial charge on any atom is 0.439 e. The average Bonchev–Trinajstić information content (AvgIpc) is 3.53. The third kappa shape index (κ3) is 5.94. The molecule has 0 atom stereocenters. The Morgan fingerprint density at radius 1 is 1.05 bits per heavy atom. The summed E-state index contributed by atoms with van der Waals surface area (Å²) in [5.41, 5.74) is 2.92. The Hall–Kier alpha value is -3.04. The molecule has 2 saturated carbocycles. The molecule has 1 N–H and O–H groups in total. The highest BCUT2D eigenvalue weighted by Crippen LogP contribution is 2.34. The zero-order valence-corrected chi connectivity index (χ0v) is 23.1. The van der Waals surface area contributed by atoms with Gasteiger partial charge in [0.1, 0.15) is 23.6 Å². The number of aromatic amines is 1. The Bertz CT molecular complexity index is 1480. The average molecular weight is 551 g/mol. The molecular weight excluding hydrogens is 516 g/mol. The number of hydrogen-bond acceptors (Lipinski definition) is 7. The smallest absolute Gasteiger partial charge is 0.373 e. The van der Waals surface area contributed by atoms with E-state index in [0.717, 1.165) is 36.0 Å². The molecule has 0 unspecified atom stereocenters. The van der Waals surface area contributed by atoms with Crippen LogP contribution < -0.4 is 5.76 Å². The fraction of sp³-hybridized carbons (Fsp3) is 0.552. The normalized spacial score (nSPS) is 20.6. The number of fused-ring (bicyclic) bond motifs is 1. The van der Waals surface area contributed by atoms with Gasteiger partial charge in [-0.15, -0.1) is 0 Å². The van der Waals surface area contributed by atoms with Crippen molar-refractivity contribution in [3.8, 4) is 22.9 Å². The van der Waals surface area contributed by atoms with Crippen LogP contribution in [-0.2, 0) is 17.9 Å². The van der Waals surface area contributed by atoms with E-state index in [1.165, 1.54) is 57.8 Å². The first kappa shape index (κ1) is 26.2. The Morgan fingerprint density at radius 3 is 2.62 bits per heavy atom. The van der Waals surface area contributed by atoms with Crippen molar-refractivity contribution in [1.29, 1.82) is 0 Å². The number of ether oxygens (including phenoxy) is 1. The standard InChI is InChI=1S/C29H35ClN6O3/c1-18-10-12-19(13-11-18)15-36-23(17-38-16-20-6-3-2-4-7-20)31-26-25(36)24(21-8-5-9-22(30)14-21)32-27(33-26)28-34-29(37)39-35-28/h5,8-9,14,18-20H,2-4,6-7,10-13,15-17H2,1H3,(H,34,35,37).